The van der Waals surface area contributed by atoms with Gasteiger partial charge in [0.15, 0.2) is 0 Å². The number of hydrogen-bond donors (Lipinski definition) is 2. The van der Waals surface area contributed by atoms with Crippen molar-refractivity contribution >= 4 is 10.9 Å². The van der Waals surface area contributed by atoms with E-state index in [9.17, 15) is 0 Å². The normalized spacial score (nSPS) is 13.4. The molecule has 0 fully saturated rings. The number of aromatic nitrogens is 1. The summed E-state index contributed by atoms with van der Waals surface area (Å²) in [6, 6.07) is 6.73. The van der Waals surface area contributed by atoms with Crippen LogP contribution in [-0.2, 0) is 6.42 Å². The summed E-state index contributed by atoms with van der Waals surface area (Å²) in [6.07, 6.45) is 2.92. The number of nitrogens with one attached hydrogen (secondary N) is 1. The molecular weight excluding hydrogens is 172 g/mol. The van der Waals surface area contributed by atoms with E-state index >= 15 is 0 Å². The number of aromatic amines is 1. The van der Waals surface area contributed by atoms with Crippen molar-refractivity contribution < 1.29 is 0 Å². The molecule has 3 N–H and O–H groups in total. The van der Waals surface area contributed by atoms with Gasteiger partial charge in [0.2, 0.25) is 0 Å². The first-order chi connectivity index (χ1) is 6.66. The molecule has 2 nitrogen and oxygen atoms in total. The topological polar surface area (TPSA) is 41.8 Å². The van der Waals surface area contributed by atoms with Crippen molar-refractivity contribution in [2.24, 2.45) is 5.73 Å². The highest BCUT2D eigenvalue weighted by Crippen LogP contribution is 2.19. The van der Waals surface area contributed by atoms with Crippen molar-refractivity contribution in [3.05, 3.63) is 35.5 Å². The van der Waals surface area contributed by atoms with E-state index < -0.39 is 0 Å². The molecule has 74 valence electrons. The summed E-state index contributed by atoms with van der Waals surface area (Å²) < 4.78 is 0. The molecule has 0 spiro atoms. The summed E-state index contributed by atoms with van der Waals surface area (Å²) in [6.45, 7) is 4.18. The Balaban J connectivity index is 2.48. The Morgan fingerprint density at radius 3 is 2.93 bits per heavy atom. The number of H-pyrrole nitrogens is 1. The fourth-order valence-electron chi connectivity index (χ4n) is 1.83. The highest BCUT2D eigenvalue weighted by Gasteiger charge is 2.04. The van der Waals surface area contributed by atoms with Crippen LogP contribution in [0.3, 0.4) is 0 Å². The predicted octanol–water partition coefficient (Wildman–Crippen LogP) is 2.37. The van der Waals surface area contributed by atoms with Crippen LogP contribution in [0.25, 0.3) is 10.9 Å². The summed E-state index contributed by atoms with van der Waals surface area (Å²) in [5.74, 6) is 0. The van der Waals surface area contributed by atoms with Gasteiger partial charge in [-0.2, -0.15) is 0 Å². The molecule has 1 atom stereocenters. The number of fused-ring (bicyclic) bond motifs is 1. The van der Waals surface area contributed by atoms with E-state index in [-0.39, 0.29) is 6.04 Å². The Morgan fingerprint density at radius 2 is 2.21 bits per heavy atom. The first-order valence-corrected chi connectivity index (χ1v) is 4.99. The smallest absolute Gasteiger partial charge is 0.0456 e. The second-order valence-electron chi connectivity index (χ2n) is 4.03. The number of benzene rings is 1. The molecule has 0 amide bonds. The second kappa shape index (κ2) is 3.46. The van der Waals surface area contributed by atoms with Crippen molar-refractivity contribution in [3.8, 4) is 0 Å². The molecule has 2 rings (SSSR count). The van der Waals surface area contributed by atoms with Gasteiger partial charge in [-0.05, 0) is 55.0 Å². The Bertz CT molecular complexity index is 441. The minimum absolute atomic E-state index is 0.223. The molecule has 0 saturated heterocycles. The van der Waals surface area contributed by atoms with Gasteiger partial charge in [0.05, 0.1) is 0 Å². The Hall–Kier alpha value is -1.28. The van der Waals surface area contributed by atoms with Gasteiger partial charge < -0.3 is 10.7 Å². The zero-order valence-corrected chi connectivity index (χ0v) is 8.67. The van der Waals surface area contributed by atoms with Crippen molar-refractivity contribution in [2.45, 2.75) is 26.3 Å². The molecule has 0 aliphatic rings. The van der Waals surface area contributed by atoms with Gasteiger partial charge in [0, 0.05) is 17.8 Å². The van der Waals surface area contributed by atoms with Crippen LogP contribution in [0.1, 0.15) is 18.1 Å². The summed E-state index contributed by atoms with van der Waals surface area (Å²) in [5.41, 5.74) is 9.67. The average Bonchev–Trinajstić information content (AvgIpc) is 2.51. The standard InChI is InChI=1S/C12H16N2/c1-8-5-10-3-4-14-12(10)7-11(8)6-9(2)13/h3-5,7,9,14H,6,13H2,1-2H3. The molecule has 2 aromatic rings. The molecule has 0 aliphatic heterocycles. The maximum atomic E-state index is 5.80. The van der Waals surface area contributed by atoms with Crippen molar-refractivity contribution in [1.29, 1.82) is 0 Å². The Morgan fingerprint density at radius 1 is 1.43 bits per heavy atom. The van der Waals surface area contributed by atoms with Gasteiger partial charge in [-0.15, -0.1) is 0 Å². The first-order valence-electron chi connectivity index (χ1n) is 4.99. The van der Waals surface area contributed by atoms with E-state index in [1.807, 2.05) is 13.1 Å². The van der Waals surface area contributed by atoms with Gasteiger partial charge in [-0.3, -0.25) is 0 Å². The summed E-state index contributed by atoms with van der Waals surface area (Å²) >= 11 is 0. The maximum Gasteiger partial charge on any atom is 0.0456 e. The zero-order chi connectivity index (χ0) is 10.1. The predicted molar refractivity (Wildman–Crippen MR) is 60.4 cm³/mol. The summed E-state index contributed by atoms with van der Waals surface area (Å²) in [7, 11) is 0. The fourth-order valence-corrected chi connectivity index (χ4v) is 1.83. The molecule has 1 heterocycles. The third-order valence-electron chi connectivity index (χ3n) is 2.55. The molecule has 1 aromatic heterocycles. The monoisotopic (exact) mass is 188 g/mol. The fraction of sp³-hybridized carbons (Fsp3) is 0.333. The second-order valence-corrected chi connectivity index (χ2v) is 4.03. The lowest BCUT2D eigenvalue weighted by molar-refractivity contribution is 0.735. The Labute approximate surface area is 84.1 Å². The minimum Gasteiger partial charge on any atom is -0.361 e. The summed E-state index contributed by atoms with van der Waals surface area (Å²) in [4.78, 5) is 3.22. The number of nitrogens with two attached hydrogens (primary N) is 1. The molecule has 0 radical (unpaired) electrons. The van der Waals surface area contributed by atoms with E-state index in [1.54, 1.807) is 0 Å². The van der Waals surface area contributed by atoms with E-state index in [0.29, 0.717) is 0 Å². The minimum atomic E-state index is 0.223. The van der Waals surface area contributed by atoms with Crippen LogP contribution >= 0.6 is 0 Å². The lowest BCUT2D eigenvalue weighted by Gasteiger charge is -2.08. The van der Waals surface area contributed by atoms with Crippen LogP contribution in [0.4, 0.5) is 0 Å². The van der Waals surface area contributed by atoms with Crippen molar-refractivity contribution in [1.82, 2.24) is 4.98 Å². The number of rotatable bonds is 2. The molecule has 0 bridgehead atoms. The van der Waals surface area contributed by atoms with Gasteiger partial charge >= 0.3 is 0 Å². The first kappa shape index (κ1) is 9.28. The molecule has 2 heteroatoms. The van der Waals surface area contributed by atoms with Crippen LogP contribution in [0.2, 0.25) is 0 Å². The van der Waals surface area contributed by atoms with E-state index in [4.69, 9.17) is 5.73 Å². The lowest BCUT2D eigenvalue weighted by Crippen LogP contribution is -2.18. The largest absolute Gasteiger partial charge is 0.361 e. The number of hydrogen-bond acceptors (Lipinski definition) is 1. The SMILES string of the molecule is Cc1cc2cc[nH]c2cc1CC(C)N. The highest BCUT2D eigenvalue weighted by atomic mass is 14.7. The van der Waals surface area contributed by atoms with Crippen LogP contribution in [-0.4, -0.2) is 11.0 Å². The van der Waals surface area contributed by atoms with Crippen LogP contribution in [0.5, 0.6) is 0 Å². The molecule has 1 unspecified atom stereocenters. The molecule has 1 aromatic carbocycles. The molecular formula is C12H16N2. The summed E-state index contributed by atoms with van der Waals surface area (Å²) in [5, 5.41) is 1.27. The third kappa shape index (κ3) is 1.66. The van der Waals surface area contributed by atoms with E-state index in [2.05, 4.69) is 30.1 Å². The van der Waals surface area contributed by atoms with Gasteiger partial charge in [-0.25, -0.2) is 0 Å². The zero-order valence-electron chi connectivity index (χ0n) is 8.67. The quantitative estimate of drug-likeness (QED) is 0.746. The Kier molecular flexibility index (Phi) is 2.30. The van der Waals surface area contributed by atoms with Crippen LogP contribution in [0.15, 0.2) is 24.4 Å². The highest BCUT2D eigenvalue weighted by molar-refractivity contribution is 5.81. The third-order valence-corrected chi connectivity index (χ3v) is 2.55. The van der Waals surface area contributed by atoms with Gasteiger partial charge in [0.25, 0.3) is 0 Å². The maximum absolute atomic E-state index is 5.80. The lowest BCUT2D eigenvalue weighted by atomic mass is 10.0. The number of aryl methyl sites for hydroxylation is 1. The van der Waals surface area contributed by atoms with Gasteiger partial charge in [0.1, 0.15) is 0 Å². The molecule has 14 heavy (non-hydrogen) atoms. The molecule has 0 aliphatic carbocycles. The van der Waals surface area contributed by atoms with E-state index in [1.165, 1.54) is 22.0 Å². The van der Waals surface area contributed by atoms with Crippen LogP contribution in [0, 0.1) is 6.92 Å². The van der Waals surface area contributed by atoms with E-state index in [0.717, 1.165) is 6.42 Å². The van der Waals surface area contributed by atoms with Crippen LogP contribution < -0.4 is 5.73 Å². The average molecular weight is 188 g/mol. The van der Waals surface area contributed by atoms with Crippen molar-refractivity contribution in [3.63, 3.8) is 0 Å². The van der Waals surface area contributed by atoms with Gasteiger partial charge in [-0.1, -0.05) is 0 Å². The van der Waals surface area contributed by atoms with Crippen molar-refractivity contribution in [2.75, 3.05) is 0 Å². The molecule has 0 saturated carbocycles.